The van der Waals surface area contributed by atoms with Gasteiger partial charge in [0.2, 0.25) is 0 Å². The molecule has 0 amide bonds. The molecule has 0 atom stereocenters. The van der Waals surface area contributed by atoms with Crippen LogP contribution in [0.1, 0.15) is 9.67 Å². The first-order valence-corrected chi connectivity index (χ1v) is 8.94. The molecule has 3 heterocycles. The molecule has 0 aliphatic heterocycles. The maximum absolute atomic E-state index is 12.2. The molecule has 0 bridgehead atoms. The van der Waals surface area contributed by atoms with Crippen LogP contribution in [-0.4, -0.2) is 21.5 Å². The molecule has 0 fully saturated rings. The summed E-state index contributed by atoms with van der Waals surface area (Å²) in [6, 6.07) is 11.2. The number of ketones is 1. The first kappa shape index (κ1) is 14.7. The molecule has 4 rings (SSSR count). The number of aromatic nitrogens is 2. The number of nitrogens with zero attached hydrogens (tertiary/aromatic N) is 2. The smallest absolute Gasteiger partial charge is 0.186 e. The number of Topliss-reactive ketones (excluding diaryl/α,β-unsaturated/α-hetero) is 1. The van der Waals surface area contributed by atoms with Crippen molar-refractivity contribution in [2.24, 2.45) is 0 Å². The molecular formula is C16H9ClN2O2S2. The van der Waals surface area contributed by atoms with Crippen LogP contribution < -0.4 is 0 Å². The van der Waals surface area contributed by atoms with E-state index in [-0.39, 0.29) is 11.5 Å². The Morgan fingerprint density at radius 1 is 1.22 bits per heavy atom. The van der Waals surface area contributed by atoms with Crippen LogP contribution in [0.4, 0.5) is 0 Å². The predicted molar refractivity (Wildman–Crippen MR) is 93.7 cm³/mol. The van der Waals surface area contributed by atoms with E-state index in [4.69, 9.17) is 16.0 Å². The van der Waals surface area contributed by atoms with Gasteiger partial charge in [0.1, 0.15) is 22.5 Å². The van der Waals surface area contributed by atoms with Gasteiger partial charge in [0.15, 0.2) is 11.4 Å². The Kier molecular flexibility index (Phi) is 3.80. The van der Waals surface area contributed by atoms with E-state index in [0.29, 0.717) is 19.8 Å². The molecule has 0 unspecified atom stereocenters. The SMILES string of the molecule is O=C(CSc1ncnc2c1oc1ccccc12)c1ccc(Cl)s1. The number of hydrogen-bond acceptors (Lipinski definition) is 6. The van der Waals surface area contributed by atoms with E-state index < -0.39 is 0 Å². The fraction of sp³-hybridized carbons (Fsp3) is 0.0625. The molecule has 4 aromatic rings. The van der Waals surface area contributed by atoms with E-state index >= 15 is 0 Å². The normalized spacial score (nSPS) is 11.3. The fourth-order valence-electron chi connectivity index (χ4n) is 2.27. The van der Waals surface area contributed by atoms with Crippen LogP contribution in [0.25, 0.3) is 22.1 Å². The topological polar surface area (TPSA) is 56.0 Å². The highest BCUT2D eigenvalue weighted by molar-refractivity contribution is 8.00. The molecule has 0 radical (unpaired) electrons. The maximum atomic E-state index is 12.2. The third-order valence-corrected chi connectivity index (χ3v) is 5.56. The zero-order valence-electron chi connectivity index (χ0n) is 11.7. The minimum atomic E-state index is 0.0229. The number of thioether (sulfide) groups is 1. The number of hydrogen-bond donors (Lipinski definition) is 0. The molecule has 0 aliphatic carbocycles. The fourth-order valence-corrected chi connectivity index (χ4v) is 4.16. The lowest BCUT2D eigenvalue weighted by atomic mass is 10.2. The van der Waals surface area contributed by atoms with Crippen molar-refractivity contribution in [1.29, 1.82) is 0 Å². The largest absolute Gasteiger partial charge is 0.451 e. The monoisotopic (exact) mass is 360 g/mol. The van der Waals surface area contributed by atoms with E-state index in [2.05, 4.69) is 9.97 Å². The van der Waals surface area contributed by atoms with Crippen LogP contribution in [0.15, 0.2) is 52.2 Å². The van der Waals surface area contributed by atoms with Crippen molar-refractivity contribution >= 4 is 62.6 Å². The number of rotatable bonds is 4. The number of furan rings is 1. The highest BCUT2D eigenvalue weighted by Crippen LogP contribution is 2.33. The lowest BCUT2D eigenvalue weighted by Gasteiger charge is -1.99. The molecule has 7 heteroatoms. The van der Waals surface area contributed by atoms with Crippen molar-refractivity contribution in [2.75, 3.05) is 5.75 Å². The summed E-state index contributed by atoms with van der Waals surface area (Å²) in [5.41, 5.74) is 2.15. The average Bonchev–Trinajstić information content (AvgIpc) is 3.16. The van der Waals surface area contributed by atoms with Crippen LogP contribution in [0.5, 0.6) is 0 Å². The lowest BCUT2D eigenvalue weighted by molar-refractivity contribution is 0.102. The van der Waals surface area contributed by atoms with Gasteiger partial charge in [0.25, 0.3) is 0 Å². The molecule has 0 aliphatic rings. The van der Waals surface area contributed by atoms with Crippen molar-refractivity contribution in [3.8, 4) is 0 Å². The zero-order valence-corrected chi connectivity index (χ0v) is 14.0. The van der Waals surface area contributed by atoms with E-state index in [1.54, 1.807) is 12.1 Å². The van der Waals surface area contributed by atoms with Crippen molar-refractivity contribution in [1.82, 2.24) is 9.97 Å². The van der Waals surface area contributed by atoms with Crippen LogP contribution in [0.3, 0.4) is 0 Å². The number of carbonyl (C=O) groups is 1. The molecule has 1 aromatic carbocycles. The lowest BCUT2D eigenvalue weighted by Crippen LogP contribution is -1.99. The Morgan fingerprint density at radius 2 is 2.09 bits per heavy atom. The first-order valence-electron chi connectivity index (χ1n) is 6.76. The molecule has 3 aromatic heterocycles. The second-order valence-corrected chi connectivity index (χ2v) is 7.45. The first-order chi connectivity index (χ1) is 11.2. The van der Waals surface area contributed by atoms with Gasteiger partial charge in [0, 0.05) is 5.39 Å². The van der Waals surface area contributed by atoms with E-state index in [0.717, 1.165) is 16.5 Å². The van der Waals surface area contributed by atoms with Crippen molar-refractivity contribution < 1.29 is 9.21 Å². The quantitative estimate of drug-likeness (QED) is 0.289. The Hall–Kier alpha value is -1.89. The number of thiophene rings is 1. The minimum Gasteiger partial charge on any atom is -0.451 e. The van der Waals surface area contributed by atoms with Gasteiger partial charge in [-0.15, -0.1) is 11.3 Å². The van der Waals surface area contributed by atoms with Gasteiger partial charge in [-0.2, -0.15) is 0 Å². The molecular weight excluding hydrogens is 352 g/mol. The number of fused-ring (bicyclic) bond motifs is 3. The van der Waals surface area contributed by atoms with E-state index in [1.165, 1.54) is 29.4 Å². The van der Waals surface area contributed by atoms with Crippen molar-refractivity contribution in [2.45, 2.75) is 5.03 Å². The summed E-state index contributed by atoms with van der Waals surface area (Å²) in [4.78, 5) is 21.4. The molecule has 0 N–H and O–H groups in total. The van der Waals surface area contributed by atoms with Crippen molar-refractivity contribution in [3.05, 3.63) is 51.9 Å². The number of benzene rings is 1. The Balaban J connectivity index is 1.65. The molecule has 0 saturated carbocycles. The van der Waals surface area contributed by atoms with E-state index in [9.17, 15) is 4.79 Å². The second kappa shape index (κ2) is 5.96. The van der Waals surface area contributed by atoms with Crippen LogP contribution >= 0.6 is 34.7 Å². The number of para-hydroxylation sites is 1. The van der Waals surface area contributed by atoms with E-state index in [1.807, 2.05) is 24.3 Å². The van der Waals surface area contributed by atoms with Gasteiger partial charge in [-0.1, -0.05) is 35.5 Å². The van der Waals surface area contributed by atoms with Gasteiger partial charge in [-0.3, -0.25) is 4.79 Å². The average molecular weight is 361 g/mol. The standard InChI is InChI=1S/C16H9ClN2O2S2/c17-13-6-5-12(23-13)10(20)7-22-16-15-14(18-8-19-16)9-3-1-2-4-11(9)21-15/h1-6,8H,7H2. The minimum absolute atomic E-state index is 0.0229. The van der Waals surface area contributed by atoms with Crippen molar-refractivity contribution in [3.63, 3.8) is 0 Å². The Morgan fingerprint density at radius 3 is 2.91 bits per heavy atom. The van der Waals surface area contributed by atoms with Gasteiger partial charge >= 0.3 is 0 Å². The summed E-state index contributed by atoms with van der Waals surface area (Å²) < 4.78 is 6.46. The van der Waals surface area contributed by atoms with Gasteiger partial charge in [0.05, 0.1) is 15.0 Å². The van der Waals surface area contributed by atoms with Gasteiger partial charge < -0.3 is 4.42 Å². The molecule has 0 saturated heterocycles. The molecule has 4 nitrogen and oxygen atoms in total. The van der Waals surface area contributed by atoms with Gasteiger partial charge in [-0.25, -0.2) is 9.97 Å². The predicted octanol–water partition coefficient (Wildman–Crippen LogP) is 5.07. The summed E-state index contributed by atoms with van der Waals surface area (Å²) in [7, 11) is 0. The second-order valence-electron chi connectivity index (χ2n) is 4.77. The Labute approximate surface area is 144 Å². The third-order valence-electron chi connectivity index (χ3n) is 3.31. The highest BCUT2D eigenvalue weighted by atomic mass is 35.5. The summed E-state index contributed by atoms with van der Waals surface area (Å²) in [5, 5.41) is 1.62. The van der Waals surface area contributed by atoms with Crippen LogP contribution in [0, 0.1) is 0 Å². The summed E-state index contributed by atoms with van der Waals surface area (Å²) >= 11 is 8.50. The van der Waals surface area contributed by atoms with Crippen LogP contribution in [0.2, 0.25) is 4.34 Å². The third kappa shape index (κ3) is 2.73. The van der Waals surface area contributed by atoms with Gasteiger partial charge in [-0.05, 0) is 24.3 Å². The molecule has 23 heavy (non-hydrogen) atoms. The zero-order chi connectivity index (χ0) is 15.8. The number of carbonyl (C=O) groups excluding carboxylic acids is 1. The van der Waals surface area contributed by atoms with Crippen LogP contribution in [-0.2, 0) is 0 Å². The highest BCUT2D eigenvalue weighted by Gasteiger charge is 2.15. The molecule has 114 valence electrons. The maximum Gasteiger partial charge on any atom is 0.186 e. The Bertz CT molecular complexity index is 1030. The summed E-state index contributed by atoms with van der Waals surface area (Å²) in [6.45, 7) is 0. The summed E-state index contributed by atoms with van der Waals surface area (Å²) in [6.07, 6.45) is 1.50. The number of halogens is 1. The molecule has 0 spiro atoms. The summed E-state index contributed by atoms with van der Waals surface area (Å²) in [5.74, 6) is 0.301.